The van der Waals surface area contributed by atoms with Crippen molar-refractivity contribution in [2.75, 3.05) is 0 Å². The number of esters is 2. The van der Waals surface area contributed by atoms with E-state index in [1.807, 2.05) is 26.0 Å². The first-order valence-electron chi connectivity index (χ1n) is 12.9. The van der Waals surface area contributed by atoms with Crippen molar-refractivity contribution >= 4 is 24.4 Å². The number of hydrogen-bond donors (Lipinski definition) is 1. The highest BCUT2D eigenvalue weighted by Crippen LogP contribution is 2.32. The average molecular weight is 490 g/mol. The number of rotatable bonds is 17. The molecule has 1 aromatic carbocycles. The maximum Gasteiger partial charge on any atom is 0.328 e. The quantitative estimate of drug-likeness (QED) is 0.175. The third-order valence-electron chi connectivity index (χ3n) is 6.26. The van der Waals surface area contributed by atoms with Crippen molar-refractivity contribution in [3.63, 3.8) is 0 Å². The molecule has 6 nitrogen and oxygen atoms in total. The van der Waals surface area contributed by atoms with Gasteiger partial charge in [0.25, 0.3) is 0 Å². The molecular weight excluding hydrogens is 449 g/mol. The van der Waals surface area contributed by atoms with Crippen LogP contribution in [0.3, 0.4) is 0 Å². The van der Waals surface area contributed by atoms with Crippen molar-refractivity contribution in [2.24, 2.45) is 11.8 Å². The van der Waals surface area contributed by atoms with E-state index in [4.69, 9.17) is 9.47 Å². The Labute approximate surface area is 208 Å². The van der Waals surface area contributed by atoms with E-state index in [1.165, 1.54) is 12.1 Å². The standard InChI is InChI=1S/C28H40FNO5/c1-4-5-6-7-12-24-26(35-27(24)32)18-23(34-28(33)25(30-19-31)17-20(2)3)11-9-8-10-21-13-15-22(29)16-14-21/h8,10,13-16,19-20,23-26H,4-7,9,11-12,17-18H2,1-3H3,(H,30,31)/b10-8+. The van der Waals surface area contributed by atoms with Crippen molar-refractivity contribution in [2.45, 2.75) is 96.8 Å². The van der Waals surface area contributed by atoms with Gasteiger partial charge in [0.2, 0.25) is 6.41 Å². The summed E-state index contributed by atoms with van der Waals surface area (Å²) in [5, 5.41) is 2.56. The van der Waals surface area contributed by atoms with Gasteiger partial charge < -0.3 is 14.8 Å². The number of carbonyl (C=O) groups is 3. The highest BCUT2D eigenvalue weighted by atomic mass is 19.1. The van der Waals surface area contributed by atoms with Crippen LogP contribution in [0.15, 0.2) is 30.3 Å². The van der Waals surface area contributed by atoms with Crippen LogP contribution in [0.1, 0.15) is 84.1 Å². The molecule has 0 radical (unpaired) electrons. The van der Waals surface area contributed by atoms with Crippen LogP contribution in [0.25, 0.3) is 6.08 Å². The smallest absolute Gasteiger partial charge is 0.328 e. The third-order valence-corrected chi connectivity index (χ3v) is 6.26. The highest BCUT2D eigenvalue weighted by molar-refractivity contribution is 5.79. The summed E-state index contributed by atoms with van der Waals surface area (Å²) in [7, 11) is 0. The number of carbonyl (C=O) groups excluding carboxylic acids is 3. The number of hydrogen-bond acceptors (Lipinski definition) is 5. The fourth-order valence-corrected chi connectivity index (χ4v) is 4.30. The predicted octanol–water partition coefficient (Wildman–Crippen LogP) is 5.59. The second kappa shape index (κ2) is 15.3. The summed E-state index contributed by atoms with van der Waals surface area (Å²) in [6.45, 7) is 6.10. The molecule has 35 heavy (non-hydrogen) atoms. The average Bonchev–Trinajstić information content (AvgIpc) is 2.81. The van der Waals surface area contributed by atoms with Crippen LogP contribution in [0.5, 0.6) is 0 Å². The van der Waals surface area contributed by atoms with Gasteiger partial charge in [-0.2, -0.15) is 0 Å². The molecule has 4 unspecified atom stereocenters. The molecular formula is C28H40FNO5. The molecule has 1 fully saturated rings. The third kappa shape index (κ3) is 10.2. The van der Waals surface area contributed by atoms with Gasteiger partial charge in [0.05, 0.1) is 5.92 Å². The molecule has 2 rings (SSSR count). The van der Waals surface area contributed by atoms with Gasteiger partial charge in [0.15, 0.2) is 0 Å². The summed E-state index contributed by atoms with van der Waals surface area (Å²) in [5.41, 5.74) is 0.882. The van der Waals surface area contributed by atoms with Crippen LogP contribution in [0, 0.1) is 17.7 Å². The lowest BCUT2D eigenvalue weighted by molar-refractivity contribution is -0.190. The first kappa shape index (κ1) is 28.5. The van der Waals surface area contributed by atoms with Crippen LogP contribution >= 0.6 is 0 Å². The maximum absolute atomic E-state index is 13.1. The zero-order valence-electron chi connectivity index (χ0n) is 21.2. The minimum Gasteiger partial charge on any atom is -0.461 e. The van der Waals surface area contributed by atoms with E-state index in [2.05, 4.69) is 12.2 Å². The van der Waals surface area contributed by atoms with Gasteiger partial charge in [-0.25, -0.2) is 9.18 Å². The van der Waals surface area contributed by atoms with Gasteiger partial charge in [-0.3, -0.25) is 9.59 Å². The van der Waals surface area contributed by atoms with E-state index >= 15 is 0 Å². The SMILES string of the molecule is CCCCCCC1C(=O)OC1CC(CC/C=C/c1ccc(F)cc1)OC(=O)C(CC(C)C)NC=O. The first-order chi connectivity index (χ1) is 16.8. The second-order valence-corrected chi connectivity index (χ2v) is 9.72. The molecule has 1 saturated heterocycles. The zero-order chi connectivity index (χ0) is 25.6. The maximum atomic E-state index is 13.1. The molecule has 1 amide bonds. The van der Waals surface area contributed by atoms with Crippen LogP contribution in [0.4, 0.5) is 4.39 Å². The fraction of sp³-hybridized carbons (Fsp3) is 0.607. The number of nitrogens with one attached hydrogen (secondary N) is 1. The van der Waals surface area contributed by atoms with Gasteiger partial charge in [0.1, 0.15) is 24.1 Å². The van der Waals surface area contributed by atoms with Crippen molar-refractivity contribution < 1.29 is 28.2 Å². The molecule has 1 aromatic rings. The molecule has 7 heteroatoms. The monoisotopic (exact) mass is 489 g/mol. The van der Waals surface area contributed by atoms with Gasteiger partial charge >= 0.3 is 11.9 Å². The van der Waals surface area contributed by atoms with Gasteiger partial charge in [-0.1, -0.05) is 70.7 Å². The Morgan fingerprint density at radius 3 is 2.57 bits per heavy atom. The number of amides is 1. The Bertz CT molecular complexity index is 823. The minimum absolute atomic E-state index is 0.151. The fourth-order valence-electron chi connectivity index (χ4n) is 4.30. The number of allylic oxidation sites excluding steroid dienone is 1. The number of cyclic esters (lactones) is 1. The minimum atomic E-state index is -0.710. The molecule has 0 aromatic heterocycles. The molecule has 1 heterocycles. The Hall–Kier alpha value is -2.70. The van der Waals surface area contributed by atoms with Crippen molar-refractivity contribution in [1.82, 2.24) is 5.32 Å². The van der Waals surface area contributed by atoms with Crippen molar-refractivity contribution in [3.05, 3.63) is 41.7 Å². The van der Waals surface area contributed by atoms with E-state index in [1.54, 1.807) is 12.1 Å². The molecule has 194 valence electrons. The van der Waals surface area contributed by atoms with E-state index in [-0.39, 0.29) is 29.7 Å². The topological polar surface area (TPSA) is 81.7 Å². The molecule has 1 aliphatic rings. The molecule has 1 N–H and O–H groups in total. The molecule has 0 bridgehead atoms. The van der Waals surface area contributed by atoms with E-state index in [0.29, 0.717) is 32.1 Å². The summed E-state index contributed by atoms with van der Waals surface area (Å²) < 4.78 is 24.4. The summed E-state index contributed by atoms with van der Waals surface area (Å²) in [6.07, 6.45) is 10.9. The van der Waals surface area contributed by atoms with E-state index < -0.39 is 18.1 Å². The predicted molar refractivity (Wildman–Crippen MR) is 134 cm³/mol. The number of benzene rings is 1. The van der Waals surface area contributed by atoms with Crippen molar-refractivity contribution in [1.29, 1.82) is 0 Å². The highest BCUT2D eigenvalue weighted by Gasteiger charge is 2.43. The summed E-state index contributed by atoms with van der Waals surface area (Å²) in [4.78, 5) is 35.9. The molecule has 0 saturated carbocycles. The molecule has 1 aliphatic heterocycles. The largest absolute Gasteiger partial charge is 0.461 e. The van der Waals surface area contributed by atoms with Crippen molar-refractivity contribution in [3.8, 4) is 0 Å². The normalized spacial score (nSPS) is 19.2. The summed E-state index contributed by atoms with van der Waals surface area (Å²) in [6, 6.07) is 5.50. The van der Waals surface area contributed by atoms with Crippen LogP contribution in [0.2, 0.25) is 0 Å². The molecule has 0 spiro atoms. The lowest BCUT2D eigenvalue weighted by atomic mass is 9.86. The Balaban J connectivity index is 2.00. The number of unbranched alkanes of at least 4 members (excludes halogenated alkanes) is 3. The number of ether oxygens (including phenoxy) is 2. The number of halogens is 1. The summed E-state index contributed by atoms with van der Waals surface area (Å²) >= 11 is 0. The van der Waals surface area contributed by atoms with Gasteiger partial charge in [0, 0.05) is 6.42 Å². The van der Waals surface area contributed by atoms with E-state index in [0.717, 1.165) is 37.7 Å². The second-order valence-electron chi connectivity index (χ2n) is 9.72. The van der Waals surface area contributed by atoms with Gasteiger partial charge in [-0.05, 0) is 49.3 Å². The Morgan fingerprint density at radius 2 is 1.94 bits per heavy atom. The Morgan fingerprint density at radius 1 is 1.20 bits per heavy atom. The molecule has 0 aliphatic carbocycles. The van der Waals surface area contributed by atoms with Crippen LogP contribution in [-0.4, -0.2) is 36.6 Å². The van der Waals surface area contributed by atoms with Crippen LogP contribution < -0.4 is 5.32 Å². The van der Waals surface area contributed by atoms with Crippen LogP contribution in [-0.2, 0) is 23.9 Å². The summed E-state index contributed by atoms with van der Waals surface area (Å²) in [5.74, 6) is -0.871. The van der Waals surface area contributed by atoms with E-state index in [9.17, 15) is 18.8 Å². The zero-order valence-corrected chi connectivity index (χ0v) is 21.2. The lowest BCUT2D eigenvalue weighted by Crippen LogP contribution is -2.48. The molecule has 4 atom stereocenters. The van der Waals surface area contributed by atoms with Gasteiger partial charge in [-0.15, -0.1) is 0 Å². The lowest BCUT2D eigenvalue weighted by Gasteiger charge is -2.37. The Kier molecular flexibility index (Phi) is 12.5. The first-order valence-corrected chi connectivity index (χ1v) is 12.9.